The van der Waals surface area contributed by atoms with Crippen LogP contribution in [0.5, 0.6) is 11.5 Å². The van der Waals surface area contributed by atoms with Crippen LogP contribution in [-0.4, -0.2) is 25.7 Å². The van der Waals surface area contributed by atoms with E-state index in [-0.39, 0.29) is 5.91 Å². The SMILES string of the molecule is O=C(Cc1cc2c(cc1Br)OCCO2)NCCCC1CCCC1. The maximum atomic E-state index is 12.1. The summed E-state index contributed by atoms with van der Waals surface area (Å²) in [6.45, 7) is 1.90. The van der Waals surface area contributed by atoms with Crippen molar-refractivity contribution in [1.82, 2.24) is 5.32 Å². The van der Waals surface area contributed by atoms with E-state index in [2.05, 4.69) is 21.2 Å². The highest BCUT2D eigenvalue weighted by atomic mass is 79.9. The van der Waals surface area contributed by atoms with Gasteiger partial charge in [-0.15, -0.1) is 0 Å². The van der Waals surface area contributed by atoms with Crippen molar-refractivity contribution in [3.63, 3.8) is 0 Å². The molecule has 1 heterocycles. The summed E-state index contributed by atoms with van der Waals surface area (Å²) in [7, 11) is 0. The van der Waals surface area contributed by atoms with Gasteiger partial charge in [0.2, 0.25) is 5.91 Å². The molecule has 1 fully saturated rings. The number of hydrogen-bond donors (Lipinski definition) is 1. The molecule has 0 unspecified atom stereocenters. The van der Waals surface area contributed by atoms with Gasteiger partial charge in [0.15, 0.2) is 11.5 Å². The zero-order valence-corrected chi connectivity index (χ0v) is 15.0. The smallest absolute Gasteiger partial charge is 0.224 e. The second-order valence-electron chi connectivity index (χ2n) is 6.41. The molecule has 5 heteroatoms. The molecule has 1 aromatic carbocycles. The molecule has 126 valence electrons. The van der Waals surface area contributed by atoms with Gasteiger partial charge in [0, 0.05) is 11.0 Å². The quantitative estimate of drug-likeness (QED) is 0.761. The van der Waals surface area contributed by atoms with Gasteiger partial charge in [-0.3, -0.25) is 4.79 Å². The number of amides is 1. The van der Waals surface area contributed by atoms with Crippen LogP contribution in [-0.2, 0) is 11.2 Å². The molecule has 0 bridgehead atoms. The standard InChI is InChI=1S/C18H24BrNO3/c19-15-12-17-16(22-8-9-23-17)10-14(15)11-18(21)20-7-3-6-13-4-1-2-5-13/h10,12-13H,1-9,11H2,(H,20,21). The first-order valence-electron chi connectivity index (χ1n) is 8.57. The van der Waals surface area contributed by atoms with E-state index in [4.69, 9.17) is 9.47 Å². The van der Waals surface area contributed by atoms with Crippen LogP contribution in [0, 0.1) is 5.92 Å². The molecule has 2 aliphatic rings. The Hall–Kier alpha value is -1.23. The lowest BCUT2D eigenvalue weighted by Crippen LogP contribution is -2.26. The van der Waals surface area contributed by atoms with Crippen LogP contribution in [0.15, 0.2) is 16.6 Å². The average Bonchev–Trinajstić information content (AvgIpc) is 3.06. The molecule has 0 aromatic heterocycles. The van der Waals surface area contributed by atoms with Crippen LogP contribution >= 0.6 is 15.9 Å². The van der Waals surface area contributed by atoms with Gasteiger partial charge in [-0.2, -0.15) is 0 Å². The highest BCUT2D eigenvalue weighted by molar-refractivity contribution is 9.10. The first-order valence-corrected chi connectivity index (χ1v) is 9.36. The minimum atomic E-state index is 0.0637. The molecule has 0 radical (unpaired) electrons. The second-order valence-corrected chi connectivity index (χ2v) is 7.26. The molecule has 23 heavy (non-hydrogen) atoms. The summed E-state index contributed by atoms with van der Waals surface area (Å²) in [5.41, 5.74) is 0.933. The average molecular weight is 382 g/mol. The van der Waals surface area contributed by atoms with Crippen LogP contribution in [0.25, 0.3) is 0 Å². The van der Waals surface area contributed by atoms with Gasteiger partial charge in [0.1, 0.15) is 13.2 Å². The van der Waals surface area contributed by atoms with Crippen molar-refractivity contribution in [3.8, 4) is 11.5 Å². The predicted molar refractivity (Wildman–Crippen MR) is 93.0 cm³/mol. The first kappa shape index (κ1) is 16.6. The summed E-state index contributed by atoms with van der Waals surface area (Å²) in [6.07, 6.45) is 8.20. The summed E-state index contributed by atoms with van der Waals surface area (Å²) in [5, 5.41) is 3.03. The van der Waals surface area contributed by atoms with E-state index < -0.39 is 0 Å². The van der Waals surface area contributed by atoms with Crippen molar-refractivity contribution in [2.24, 2.45) is 5.92 Å². The van der Waals surface area contributed by atoms with Gasteiger partial charge in [0.25, 0.3) is 0 Å². The van der Waals surface area contributed by atoms with Gasteiger partial charge in [0.05, 0.1) is 6.42 Å². The number of ether oxygens (including phenoxy) is 2. The van der Waals surface area contributed by atoms with E-state index in [0.29, 0.717) is 19.6 Å². The van der Waals surface area contributed by atoms with E-state index >= 15 is 0 Å². The lowest BCUT2D eigenvalue weighted by atomic mass is 10.0. The minimum Gasteiger partial charge on any atom is -0.486 e. The third kappa shape index (κ3) is 4.63. The molecule has 1 aromatic rings. The summed E-state index contributed by atoms with van der Waals surface area (Å²) < 4.78 is 12.0. The zero-order chi connectivity index (χ0) is 16.1. The fraction of sp³-hybridized carbons (Fsp3) is 0.611. The normalized spacial score (nSPS) is 17.3. The lowest BCUT2D eigenvalue weighted by Gasteiger charge is -2.19. The van der Waals surface area contributed by atoms with Gasteiger partial charge >= 0.3 is 0 Å². The number of halogens is 1. The second kappa shape index (κ2) is 8.04. The van der Waals surface area contributed by atoms with E-state index in [9.17, 15) is 4.79 Å². The predicted octanol–water partition coefficient (Wildman–Crippen LogP) is 3.85. The molecule has 1 amide bonds. The number of hydrogen-bond acceptors (Lipinski definition) is 3. The van der Waals surface area contributed by atoms with E-state index in [1.165, 1.54) is 32.1 Å². The van der Waals surface area contributed by atoms with Crippen LogP contribution < -0.4 is 14.8 Å². The maximum absolute atomic E-state index is 12.1. The lowest BCUT2D eigenvalue weighted by molar-refractivity contribution is -0.120. The molecule has 1 saturated carbocycles. The summed E-state index contributed by atoms with van der Waals surface area (Å²) in [5.74, 6) is 2.42. The fourth-order valence-electron chi connectivity index (χ4n) is 3.39. The highest BCUT2D eigenvalue weighted by Gasteiger charge is 2.17. The summed E-state index contributed by atoms with van der Waals surface area (Å²) in [6, 6.07) is 3.79. The number of rotatable bonds is 6. The maximum Gasteiger partial charge on any atom is 0.224 e. The van der Waals surface area contributed by atoms with E-state index in [1.807, 2.05) is 12.1 Å². The van der Waals surface area contributed by atoms with E-state index in [0.717, 1.165) is 40.4 Å². The van der Waals surface area contributed by atoms with Crippen molar-refractivity contribution in [1.29, 1.82) is 0 Å². The Balaban J connectivity index is 1.45. The Labute approximate surface area is 146 Å². The van der Waals surface area contributed by atoms with Gasteiger partial charge in [-0.25, -0.2) is 0 Å². The zero-order valence-electron chi connectivity index (χ0n) is 13.4. The monoisotopic (exact) mass is 381 g/mol. The molecule has 0 atom stereocenters. The molecule has 1 N–H and O–H groups in total. The van der Waals surface area contributed by atoms with Crippen LogP contribution in [0.1, 0.15) is 44.1 Å². The van der Waals surface area contributed by atoms with Crippen LogP contribution in [0.2, 0.25) is 0 Å². The van der Waals surface area contributed by atoms with Gasteiger partial charge in [-0.1, -0.05) is 41.6 Å². The first-order chi connectivity index (χ1) is 11.2. The van der Waals surface area contributed by atoms with Gasteiger partial charge < -0.3 is 14.8 Å². The topological polar surface area (TPSA) is 47.6 Å². The molecule has 0 saturated heterocycles. The number of carbonyl (C=O) groups excluding carboxylic acids is 1. The Bertz CT molecular complexity index is 555. The number of benzene rings is 1. The largest absolute Gasteiger partial charge is 0.486 e. The molecular formula is C18H24BrNO3. The molecule has 3 rings (SSSR count). The van der Waals surface area contributed by atoms with E-state index in [1.54, 1.807) is 0 Å². The Morgan fingerprint density at radius 3 is 2.61 bits per heavy atom. The van der Waals surface area contributed by atoms with Crippen molar-refractivity contribution in [2.45, 2.75) is 44.9 Å². The van der Waals surface area contributed by atoms with Crippen LogP contribution in [0.3, 0.4) is 0 Å². The van der Waals surface area contributed by atoms with Crippen molar-refractivity contribution >= 4 is 21.8 Å². The molecule has 0 spiro atoms. The minimum absolute atomic E-state index is 0.0637. The van der Waals surface area contributed by atoms with Crippen LogP contribution in [0.4, 0.5) is 0 Å². The third-order valence-corrected chi connectivity index (χ3v) is 5.39. The molecule has 1 aliphatic heterocycles. The molecule has 4 nitrogen and oxygen atoms in total. The summed E-state index contributed by atoms with van der Waals surface area (Å²) in [4.78, 5) is 12.1. The summed E-state index contributed by atoms with van der Waals surface area (Å²) >= 11 is 3.51. The van der Waals surface area contributed by atoms with Gasteiger partial charge in [-0.05, 0) is 36.5 Å². The molecular weight excluding hydrogens is 358 g/mol. The Kier molecular flexibility index (Phi) is 5.81. The Morgan fingerprint density at radius 2 is 1.87 bits per heavy atom. The fourth-order valence-corrected chi connectivity index (χ4v) is 3.86. The number of fused-ring (bicyclic) bond motifs is 1. The number of nitrogens with one attached hydrogen (secondary N) is 1. The Morgan fingerprint density at radius 1 is 1.17 bits per heavy atom. The third-order valence-electron chi connectivity index (χ3n) is 4.65. The van der Waals surface area contributed by atoms with Crippen molar-refractivity contribution < 1.29 is 14.3 Å². The molecule has 1 aliphatic carbocycles. The number of carbonyl (C=O) groups is 1. The van der Waals surface area contributed by atoms with Crippen molar-refractivity contribution in [2.75, 3.05) is 19.8 Å². The van der Waals surface area contributed by atoms with Crippen molar-refractivity contribution in [3.05, 3.63) is 22.2 Å². The highest BCUT2D eigenvalue weighted by Crippen LogP contribution is 2.35.